The molecule has 1 atom stereocenters. The summed E-state index contributed by atoms with van der Waals surface area (Å²) in [5.41, 5.74) is 1.27. The topological polar surface area (TPSA) is 66.0 Å². The standard InChI is InChI=1S/C19H30N4O2.HI/c1-23(2)18(24)13-21-19(22-17(14-25-3)16-9-10-16)20-12-11-15-7-5-4-6-8-15;/h4-8,16-17H,9-14H2,1-3H3,(H2,20,21,22);1H. The minimum Gasteiger partial charge on any atom is -0.383 e. The van der Waals surface area contributed by atoms with Gasteiger partial charge in [0.05, 0.1) is 12.6 Å². The van der Waals surface area contributed by atoms with Crippen LogP contribution in [0, 0.1) is 5.92 Å². The number of hydrogen-bond acceptors (Lipinski definition) is 3. The van der Waals surface area contributed by atoms with Crippen LogP contribution in [0.3, 0.4) is 0 Å². The zero-order valence-corrected chi connectivity index (χ0v) is 18.2. The van der Waals surface area contributed by atoms with E-state index in [0.29, 0.717) is 18.5 Å². The summed E-state index contributed by atoms with van der Waals surface area (Å²) in [6.07, 6.45) is 3.34. The van der Waals surface area contributed by atoms with Crippen molar-refractivity contribution in [3.05, 3.63) is 35.9 Å². The van der Waals surface area contributed by atoms with Crippen LogP contribution in [-0.2, 0) is 16.0 Å². The Labute approximate surface area is 173 Å². The zero-order chi connectivity index (χ0) is 18.1. The number of rotatable bonds is 9. The van der Waals surface area contributed by atoms with Crippen LogP contribution in [0.2, 0.25) is 0 Å². The first-order valence-electron chi connectivity index (χ1n) is 8.88. The lowest BCUT2D eigenvalue weighted by Crippen LogP contribution is -2.47. The molecule has 6 nitrogen and oxygen atoms in total. The number of aliphatic imine (C=N–C) groups is 1. The van der Waals surface area contributed by atoms with Gasteiger partial charge in [-0.05, 0) is 30.7 Å². The van der Waals surface area contributed by atoms with E-state index in [0.717, 1.165) is 13.0 Å². The maximum absolute atomic E-state index is 11.8. The first-order valence-corrected chi connectivity index (χ1v) is 8.88. The van der Waals surface area contributed by atoms with E-state index in [1.165, 1.54) is 18.4 Å². The number of methoxy groups -OCH3 is 1. The Morgan fingerprint density at radius 1 is 1.31 bits per heavy atom. The van der Waals surface area contributed by atoms with Crippen LogP contribution in [-0.4, -0.2) is 63.7 Å². The summed E-state index contributed by atoms with van der Waals surface area (Å²) in [4.78, 5) is 17.8. The quantitative estimate of drug-likeness (QED) is 0.326. The molecule has 0 saturated heterocycles. The second-order valence-corrected chi connectivity index (χ2v) is 6.66. The molecule has 0 spiro atoms. The van der Waals surface area contributed by atoms with Gasteiger partial charge in [-0.3, -0.25) is 4.79 Å². The second-order valence-electron chi connectivity index (χ2n) is 6.66. The average Bonchev–Trinajstić information content (AvgIpc) is 3.44. The molecule has 1 aromatic rings. The van der Waals surface area contributed by atoms with Gasteiger partial charge in [0.2, 0.25) is 5.91 Å². The highest BCUT2D eigenvalue weighted by Gasteiger charge is 2.31. The van der Waals surface area contributed by atoms with Crippen molar-refractivity contribution in [2.75, 3.05) is 40.9 Å². The number of halogens is 1. The largest absolute Gasteiger partial charge is 0.383 e. The van der Waals surface area contributed by atoms with Crippen molar-refractivity contribution < 1.29 is 9.53 Å². The molecule has 0 aromatic heterocycles. The number of guanidine groups is 1. The van der Waals surface area contributed by atoms with Gasteiger partial charge >= 0.3 is 0 Å². The van der Waals surface area contributed by atoms with E-state index in [9.17, 15) is 4.79 Å². The van der Waals surface area contributed by atoms with E-state index in [-0.39, 0.29) is 42.5 Å². The van der Waals surface area contributed by atoms with Gasteiger partial charge in [0.25, 0.3) is 0 Å². The molecule has 1 saturated carbocycles. The van der Waals surface area contributed by atoms with Gasteiger partial charge in [-0.1, -0.05) is 30.3 Å². The lowest BCUT2D eigenvalue weighted by Gasteiger charge is -2.21. The SMILES string of the molecule is COCC(NC(=NCC(=O)N(C)C)NCCc1ccccc1)C1CC1.I. The fourth-order valence-corrected chi connectivity index (χ4v) is 2.56. The molecule has 2 N–H and O–H groups in total. The first kappa shape index (κ1) is 22.7. The summed E-state index contributed by atoms with van der Waals surface area (Å²) in [5.74, 6) is 1.30. The molecule has 1 fully saturated rings. The lowest BCUT2D eigenvalue weighted by atomic mass is 10.1. The summed E-state index contributed by atoms with van der Waals surface area (Å²) >= 11 is 0. The van der Waals surface area contributed by atoms with Crippen molar-refractivity contribution in [2.45, 2.75) is 25.3 Å². The molecule has 1 unspecified atom stereocenters. The van der Waals surface area contributed by atoms with Crippen LogP contribution >= 0.6 is 24.0 Å². The number of hydrogen-bond donors (Lipinski definition) is 2. The van der Waals surface area contributed by atoms with Gasteiger partial charge in [-0.15, -0.1) is 24.0 Å². The molecule has 1 aromatic carbocycles. The van der Waals surface area contributed by atoms with Crippen molar-refractivity contribution in [2.24, 2.45) is 10.9 Å². The molecule has 1 aliphatic carbocycles. The number of nitrogens with zero attached hydrogens (tertiary/aromatic N) is 2. The monoisotopic (exact) mass is 474 g/mol. The highest BCUT2D eigenvalue weighted by atomic mass is 127. The summed E-state index contributed by atoms with van der Waals surface area (Å²) in [6, 6.07) is 10.6. The molecule has 7 heteroatoms. The van der Waals surface area contributed by atoms with Crippen molar-refractivity contribution >= 4 is 35.8 Å². The predicted molar refractivity (Wildman–Crippen MR) is 116 cm³/mol. The average molecular weight is 474 g/mol. The lowest BCUT2D eigenvalue weighted by molar-refractivity contribution is -0.127. The van der Waals surface area contributed by atoms with E-state index < -0.39 is 0 Å². The minimum atomic E-state index is -0.0149. The molecule has 0 radical (unpaired) electrons. The van der Waals surface area contributed by atoms with E-state index in [1.807, 2.05) is 18.2 Å². The molecule has 146 valence electrons. The van der Waals surface area contributed by atoms with E-state index >= 15 is 0 Å². The maximum Gasteiger partial charge on any atom is 0.243 e. The van der Waals surface area contributed by atoms with Crippen LogP contribution in [0.15, 0.2) is 35.3 Å². The highest BCUT2D eigenvalue weighted by molar-refractivity contribution is 14.0. The molecule has 0 bridgehead atoms. The maximum atomic E-state index is 11.8. The molecular formula is C19H31IN4O2. The molecular weight excluding hydrogens is 443 g/mol. The Hall–Kier alpha value is -1.35. The van der Waals surface area contributed by atoms with Crippen molar-refractivity contribution in [1.82, 2.24) is 15.5 Å². The molecule has 1 amide bonds. The zero-order valence-electron chi connectivity index (χ0n) is 15.9. The number of carbonyl (C=O) groups is 1. The molecule has 1 aliphatic rings. The smallest absolute Gasteiger partial charge is 0.243 e. The van der Waals surface area contributed by atoms with E-state index in [1.54, 1.807) is 26.1 Å². The van der Waals surface area contributed by atoms with Crippen LogP contribution < -0.4 is 10.6 Å². The van der Waals surface area contributed by atoms with Crippen LogP contribution in [0.4, 0.5) is 0 Å². The Morgan fingerprint density at radius 2 is 2.00 bits per heavy atom. The Bertz CT molecular complexity index is 562. The normalized spacial score (nSPS) is 15.0. The van der Waals surface area contributed by atoms with Gasteiger partial charge in [0.15, 0.2) is 5.96 Å². The third-order valence-electron chi connectivity index (χ3n) is 4.28. The number of benzene rings is 1. The van der Waals surface area contributed by atoms with Gasteiger partial charge in [-0.2, -0.15) is 0 Å². The number of carbonyl (C=O) groups excluding carboxylic acids is 1. The fraction of sp³-hybridized carbons (Fsp3) is 0.579. The molecule has 0 aliphatic heterocycles. The minimum absolute atomic E-state index is 0. The first-order chi connectivity index (χ1) is 12.1. The number of amides is 1. The van der Waals surface area contributed by atoms with Crippen LogP contribution in [0.1, 0.15) is 18.4 Å². The number of likely N-dealkylation sites (N-methyl/N-ethyl adjacent to an activating group) is 1. The van der Waals surface area contributed by atoms with E-state index in [2.05, 4.69) is 27.8 Å². The third-order valence-corrected chi connectivity index (χ3v) is 4.28. The third kappa shape index (κ3) is 8.35. The summed E-state index contributed by atoms with van der Waals surface area (Å²) in [6.45, 7) is 1.54. The van der Waals surface area contributed by atoms with Crippen molar-refractivity contribution in [1.29, 1.82) is 0 Å². The fourth-order valence-electron chi connectivity index (χ4n) is 2.56. The molecule has 2 rings (SSSR count). The molecule has 26 heavy (non-hydrogen) atoms. The Morgan fingerprint density at radius 3 is 2.58 bits per heavy atom. The van der Waals surface area contributed by atoms with Gasteiger partial charge in [-0.25, -0.2) is 4.99 Å². The summed E-state index contributed by atoms with van der Waals surface area (Å²) < 4.78 is 5.32. The van der Waals surface area contributed by atoms with Crippen LogP contribution in [0.5, 0.6) is 0 Å². The highest BCUT2D eigenvalue weighted by Crippen LogP contribution is 2.32. The van der Waals surface area contributed by atoms with Crippen molar-refractivity contribution in [3.63, 3.8) is 0 Å². The molecule has 0 heterocycles. The summed E-state index contributed by atoms with van der Waals surface area (Å²) in [5, 5.41) is 6.79. The second kappa shape index (κ2) is 12.1. The van der Waals surface area contributed by atoms with Gasteiger partial charge in [0, 0.05) is 27.7 Å². The van der Waals surface area contributed by atoms with Gasteiger partial charge in [0.1, 0.15) is 6.54 Å². The van der Waals surface area contributed by atoms with Crippen LogP contribution in [0.25, 0.3) is 0 Å². The van der Waals surface area contributed by atoms with Gasteiger partial charge < -0.3 is 20.3 Å². The Kier molecular flexibility index (Phi) is 10.6. The van der Waals surface area contributed by atoms with Crippen molar-refractivity contribution in [3.8, 4) is 0 Å². The Balaban J connectivity index is 0.00000338. The van der Waals surface area contributed by atoms with E-state index in [4.69, 9.17) is 4.74 Å². The summed E-state index contributed by atoms with van der Waals surface area (Å²) in [7, 11) is 5.20. The number of nitrogens with one attached hydrogen (secondary N) is 2. The number of ether oxygens (including phenoxy) is 1. The predicted octanol–water partition coefficient (Wildman–Crippen LogP) is 1.90.